The van der Waals surface area contributed by atoms with Gasteiger partial charge in [0.2, 0.25) is 0 Å². The molecule has 0 atom stereocenters. The molecule has 6 heteroatoms. The summed E-state index contributed by atoms with van der Waals surface area (Å²) >= 11 is 3.44. The third-order valence-corrected chi connectivity index (χ3v) is 4.44. The number of urea groups is 1. The van der Waals surface area contributed by atoms with Crippen LogP contribution in [0.2, 0.25) is 0 Å². The Hall–Kier alpha value is -1.82. The van der Waals surface area contributed by atoms with E-state index in [1.54, 1.807) is 4.68 Å². The van der Waals surface area contributed by atoms with Gasteiger partial charge in [-0.25, -0.2) is 4.79 Å². The van der Waals surface area contributed by atoms with Crippen LogP contribution >= 0.6 is 15.9 Å². The summed E-state index contributed by atoms with van der Waals surface area (Å²) < 4.78 is 2.72. The largest absolute Gasteiger partial charge is 0.335 e. The van der Waals surface area contributed by atoms with Gasteiger partial charge >= 0.3 is 6.03 Å². The third-order valence-electron chi connectivity index (χ3n) is 3.91. The first-order chi connectivity index (χ1) is 11.0. The van der Waals surface area contributed by atoms with Crippen molar-refractivity contribution in [1.29, 1.82) is 0 Å². The van der Waals surface area contributed by atoms with Crippen molar-refractivity contribution in [2.75, 3.05) is 5.32 Å². The molecule has 0 aliphatic rings. The van der Waals surface area contributed by atoms with Gasteiger partial charge in [-0.3, -0.25) is 10.00 Å². The van der Waals surface area contributed by atoms with E-state index in [1.165, 1.54) is 0 Å². The SMILES string of the molecule is CCC(CC)NC(=O)Nc1c(-c2ccc(Br)cc2)c(C)nn1C. The molecule has 0 bridgehead atoms. The molecule has 0 unspecified atom stereocenters. The fourth-order valence-corrected chi connectivity index (χ4v) is 2.85. The van der Waals surface area contributed by atoms with E-state index >= 15 is 0 Å². The lowest BCUT2D eigenvalue weighted by molar-refractivity contribution is 0.247. The summed E-state index contributed by atoms with van der Waals surface area (Å²) in [7, 11) is 1.84. The lowest BCUT2D eigenvalue weighted by Gasteiger charge is -2.16. The summed E-state index contributed by atoms with van der Waals surface area (Å²) in [5.41, 5.74) is 2.85. The number of nitrogens with zero attached hydrogens (tertiary/aromatic N) is 2. The Bertz CT molecular complexity index is 675. The van der Waals surface area contributed by atoms with Crippen LogP contribution in [-0.2, 0) is 7.05 Å². The van der Waals surface area contributed by atoms with Gasteiger partial charge < -0.3 is 5.32 Å². The highest BCUT2D eigenvalue weighted by Crippen LogP contribution is 2.31. The maximum atomic E-state index is 12.3. The van der Waals surface area contributed by atoms with Crippen LogP contribution in [0.1, 0.15) is 32.4 Å². The molecule has 0 fully saturated rings. The van der Waals surface area contributed by atoms with Crippen LogP contribution in [0.3, 0.4) is 0 Å². The van der Waals surface area contributed by atoms with E-state index in [1.807, 2.05) is 38.2 Å². The Balaban J connectivity index is 2.29. The van der Waals surface area contributed by atoms with Gasteiger partial charge in [0.15, 0.2) is 0 Å². The number of benzene rings is 1. The number of aromatic nitrogens is 2. The number of aryl methyl sites for hydroxylation is 2. The van der Waals surface area contributed by atoms with Crippen LogP contribution in [0, 0.1) is 6.92 Å². The monoisotopic (exact) mass is 378 g/mol. The summed E-state index contributed by atoms with van der Waals surface area (Å²) in [5, 5.41) is 10.4. The molecule has 1 aromatic heterocycles. The van der Waals surface area contributed by atoms with Crippen molar-refractivity contribution in [3.05, 3.63) is 34.4 Å². The normalized spacial score (nSPS) is 10.9. The fraction of sp³-hybridized carbons (Fsp3) is 0.412. The van der Waals surface area contributed by atoms with E-state index in [0.717, 1.165) is 34.1 Å². The van der Waals surface area contributed by atoms with Crippen molar-refractivity contribution in [3.8, 4) is 11.1 Å². The summed E-state index contributed by atoms with van der Waals surface area (Å²) in [4.78, 5) is 12.3. The van der Waals surface area contributed by atoms with Crippen molar-refractivity contribution in [3.63, 3.8) is 0 Å². The van der Waals surface area contributed by atoms with Crippen LogP contribution in [0.5, 0.6) is 0 Å². The average molecular weight is 379 g/mol. The first kappa shape index (κ1) is 17.5. The molecule has 0 radical (unpaired) electrons. The maximum Gasteiger partial charge on any atom is 0.320 e. The Kier molecular flexibility index (Phi) is 5.82. The molecule has 5 nitrogen and oxygen atoms in total. The molecule has 0 aliphatic carbocycles. The topological polar surface area (TPSA) is 59.0 Å². The van der Waals surface area contributed by atoms with Gasteiger partial charge in [-0.2, -0.15) is 5.10 Å². The highest BCUT2D eigenvalue weighted by molar-refractivity contribution is 9.10. The van der Waals surface area contributed by atoms with Gasteiger partial charge in [0.05, 0.1) is 5.69 Å². The van der Waals surface area contributed by atoms with Gasteiger partial charge in [-0.1, -0.05) is 41.9 Å². The lowest BCUT2D eigenvalue weighted by Crippen LogP contribution is -2.37. The average Bonchev–Trinajstić information content (AvgIpc) is 2.80. The molecule has 0 saturated carbocycles. The summed E-state index contributed by atoms with van der Waals surface area (Å²) in [6, 6.07) is 7.97. The first-order valence-electron chi connectivity index (χ1n) is 7.83. The molecule has 0 saturated heterocycles. The zero-order valence-corrected chi connectivity index (χ0v) is 15.6. The molecular formula is C17H23BrN4O. The van der Waals surface area contributed by atoms with Crippen molar-refractivity contribution in [2.45, 2.75) is 39.7 Å². The second-order valence-electron chi connectivity index (χ2n) is 5.55. The fourth-order valence-electron chi connectivity index (χ4n) is 2.59. The quantitative estimate of drug-likeness (QED) is 0.806. The summed E-state index contributed by atoms with van der Waals surface area (Å²) in [6.07, 6.45) is 1.82. The van der Waals surface area contributed by atoms with Gasteiger partial charge in [0.25, 0.3) is 0 Å². The van der Waals surface area contributed by atoms with Crippen molar-refractivity contribution < 1.29 is 4.79 Å². The molecule has 2 amide bonds. The van der Waals surface area contributed by atoms with Crippen LogP contribution in [0.25, 0.3) is 11.1 Å². The smallest absolute Gasteiger partial charge is 0.320 e. The Labute approximate surface area is 145 Å². The van der Waals surface area contributed by atoms with Crippen molar-refractivity contribution >= 4 is 27.8 Å². The number of hydrogen-bond acceptors (Lipinski definition) is 2. The van der Waals surface area contributed by atoms with E-state index in [2.05, 4.69) is 45.5 Å². The molecule has 1 heterocycles. The minimum atomic E-state index is -0.194. The number of anilines is 1. The van der Waals surface area contributed by atoms with Crippen molar-refractivity contribution in [1.82, 2.24) is 15.1 Å². The van der Waals surface area contributed by atoms with Crippen LogP contribution in [-0.4, -0.2) is 21.9 Å². The lowest BCUT2D eigenvalue weighted by atomic mass is 10.1. The number of amides is 2. The zero-order valence-electron chi connectivity index (χ0n) is 14.0. The molecule has 1 aromatic carbocycles. The van der Waals surface area contributed by atoms with Gasteiger partial charge in [0, 0.05) is 23.1 Å². The van der Waals surface area contributed by atoms with Gasteiger partial charge in [-0.05, 0) is 37.5 Å². The second-order valence-corrected chi connectivity index (χ2v) is 6.47. The second kappa shape index (κ2) is 7.64. The Morgan fingerprint density at radius 1 is 1.26 bits per heavy atom. The number of halogens is 1. The minimum Gasteiger partial charge on any atom is -0.335 e. The molecular weight excluding hydrogens is 356 g/mol. The first-order valence-corrected chi connectivity index (χ1v) is 8.62. The number of rotatable bonds is 5. The zero-order chi connectivity index (χ0) is 17.0. The van der Waals surface area contributed by atoms with E-state index in [-0.39, 0.29) is 12.1 Å². The van der Waals surface area contributed by atoms with E-state index in [0.29, 0.717) is 5.82 Å². The molecule has 23 heavy (non-hydrogen) atoms. The Morgan fingerprint density at radius 2 is 1.87 bits per heavy atom. The molecule has 124 valence electrons. The van der Waals surface area contributed by atoms with E-state index < -0.39 is 0 Å². The predicted molar refractivity (Wildman–Crippen MR) is 97.6 cm³/mol. The summed E-state index contributed by atoms with van der Waals surface area (Å²) in [5.74, 6) is 0.702. The molecule has 2 N–H and O–H groups in total. The standard InChI is InChI=1S/C17H23BrN4O/c1-5-14(6-2)19-17(23)20-16-15(11(3)21-22(16)4)12-7-9-13(18)10-8-12/h7-10,14H,5-6H2,1-4H3,(H2,19,20,23). The van der Waals surface area contributed by atoms with Crippen LogP contribution in [0.15, 0.2) is 28.7 Å². The highest BCUT2D eigenvalue weighted by atomic mass is 79.9. The van der Waals surface area contributed by atoms with Gasteiger partial charge in [0.1, 0.15) is 5.82 Å². The molecule has 2 aromatic rings. The minimum absolute atomic E-state index is 0.181. The number of hydrogen-bond donors (Lipinski definition) is 2. The number of carbonyl (C=O) groups is 1. The summed E-state index contributed by atoms with van der Waals surface area (Å²) in [6.45, 7) is 6.08. The number of carbonyl (C=O) groups excluding carboxylic acids is 1. The van der Waals surface area contributed by atoms with Crippen molar-refractivity contribution in [2.24, 2.45) is 7.05 Å². The highest BCUT2D eigenvalue weighted by Gasteiger charge is 2.18. The number of nitrogens with one attached hydrogen (secondary N) is 2. The Morgan fingerprint density at radius 3 is 2.43 bits per heavy atom. The van der Waals surface area contributed by atoms with Crippen LogP contribution < -0.4 is 10.6 Å². The molecule has 2 rings (SSSR count). The third kappa shape index (κ3) is 4.13. The predicted octanol–water partition coefficient (Wildman–Crippen LogP) is 4.47. The van der Waals surface area contributed by atoms with E-state index in [9.17, 15) is 4.79 Å². The molecule has 0 aliphatic heterocycles. The van der Waals surface area contributed by atoms with Gasteiger partial charge in [-0.15, -0.1) is 0 Å². The van der Waals surface area contributed by atoms with E-state index in [4.69, 9.17) is 0 Å². The van der Waals surface area contributed by atoms with Crippen LogP contribution in [0.4, 0.5) is 10.6 Å². The maximum absolute atomic E-state index is 12.3. The molecule has 0 spiro atoms.